The van der Waals surface area contributed by atoms with Crippen molar-refractivity contribution in [2.45, 2.75) is 0 Å². The molecule has 0 fully saturated rings. The zero-order valence-electron chi connectivity index (χ0n) is 9.76. The molecule has 4 nitrogen and oxygen atoms in total. The third-order valence-corrected chi connectivity index (χ3v) is 2.24. The van der Waals surface area contributed by atoms with Crippen molar-refractivity contribution in [1.29, 1.82) is 0 Å². The van der Waals surface area contributed by atoms with Crippen molar-refractivity contribution in [3.63, 3.8) is 0 Å². The second-order valence-electron chi connectivity index (χ2n) is 3.36. The van der Waals surface area contributed by atoms with E-state index in [2.05, 4.69) is 11.9 Å². The lowest BCUT2D eigenvalue weighted by Crippen LogP contribution is -2.31. The fraction of sp³-hybridized carbons (Fsp3) is 0.167. The predicted molar refractivity (Wildman–Crippen MR) is 70.1 cm³/mol. The molecule has 0 radical (unpaired) electrons. The number of nitrogens with one attached hydrogen (secondary N) is 1. The van der Waals surface area contributed by atoms with Crippen LogP contribution in [0.4, 0.5) is 0 Å². The SMILES string of the molecule is C=CNC/C=C/c1cccc(B(O)O)c1OC. The van der Waals surface area contributed by atoms with Crippen LogP contribution in [0.15, 0.2) is 37.1 Å². The molecule has 1 aromatic carbocycles. The number of methoxy groups -OCH3 is 1. The van der Waals surface area contributed by atoms with Gasteiger partial charge in [0.1, 0.15) is 5.75 Å². The van der Waals surface area contributed by atoms with E-state index in [1.165, 1.54) is 7.11 Å². The Balaban J connectivity index is 2.94. The molecule has 0 saturated carbocycles. The zero-order valence-corrected chi connectivity index (χ0v) is 9.76. The zero-order chi connectivity index (χ0) is 12.7. The van der Waals surface area contributed by atoms with Crippen molar-refractivity contribution in [3.05, 3.63) is 42.6 Å². The minimum absolute atomic E-state index is 0.353. The number of rotatable bonds is 6. The van der Waals surface area contributed by atoms with Gasteiger partial charge in [-0.25, -0.2) is 0 Å². The molecule has 0 aliphatic rings. The van der Waals surface area contributed by atoms with Crippen LogP contribution in [0.1, 0.15) is 5.56 Å². The highest BCUT2D eigenvalue weighted by molar-refractivity contribution is 6.59. The van der Waals surface area contributed by atoms with Crippen LogP contribution in [0.25, 0.3) is 6.08 Å². The van der Waals surface area contributed by atoms with Gasteiger partial charge in [0.25, 0.3) is 0 Å². The Kier molecular flexibility index (Phi) is 5.32. The Labute approximate surface area is 101 Å². The van der Waals surface area contributed by atoms with Gasteiger partial charge in [-0.2, -0.15) is 0 Å². The van der Waals surface area contributed by atoms with Crippen LogP contribution in [0.5, 0.6) is 5.75 Å². The lowest BCUT2D eigenvalue weighted by atomic mass is 9.78. The first-order chi connectivity index (χ1) is 8.20. The Bertz CT molecular complexity index is 405. The molecule has 0 bridgehead atoms. The van der Waals surface area contributed by atoms with E-state index in [1.54, 1.807) is 18.3 Å². The van der Waals surface area contributed by atoms with Crippen LogP contribution in [0.3, 0.4) is 0 Å². The maximum Gasteiger partial charge on any atom is 0.492 e. The third kappa shape index (κ3) is 3.66. The molecule has 0 atom stereocenters. The predicted octanol–water partition coefficient (Wildman–Crippen LogP) is 0.121. The van der Waals surface area contributed by atoms with E-state index in [4.69, 9.17) is 4.74 Å². The summed E-state index contributed by atoms with van der Waals surface area (Å²) in [5.41, 5.74) is 1.15. The maximum absolute atomic E-state index is 9.20. The van der Waals surface area contributed by atoms with E-state index in [-0.39, 0.29) is 0 Å². The van der Waals surface area contributed by atoms with E-state index < -0.39 is 7.12 Å². The highest BCUT2D eigenvalue weighted by atomic mass is 16.5. The van der Waals surface area contributed by atoms with Gasteiger partial charge in [0.2, 0.25) is 0 Å². The maximum atomic E-state index is 9.20. The molecule has 0 aliphatic carbocycles. The molecule has 0 heterocycles. The Morgan fingerprint density at radius 2 is 2.24 bits per heavy atom. The van der Waals surface area contributed by atoms with Crippen molar-refractivity contribution >= 4 is 18.7 Å². The fourth-order valence-corrected chi connectivity index (χ4v) is 1.48. The van der Waals surface area contributed by atoms with Crippen molar-refractivity contribution < 1.29 is 14.8 Å². The molecule has 3 N–H and O–H groups in total. The van der Waals surface area contributed by atoms with Gasteiger partial charge in [-0.05, 0) is 6.20 Å². The van der Waals surface area contributed by atoms with Gasteiger partial charge in [0.15, 0.2) is 0 Å². The second-order valence-corrected chi connectivity index (χ2v) is 3.36. The molecule has 90 valence electrons. The normalized spacial score (nSPS) is 10.3. The molecule has 0 aromatic heterocycles. The largest absolute Gasteiger partial charge is 0.496 e. The number of hydrogen-bond acceptors (Lipinski definition) is 4. The van der Waals surface area contributed by atoms with Gasteiger partial charge in [0.05, 0.1) is 7.11 Å². The topological polar surface area (TPSA) is 61.7 Å². The van der Waals surface area contributed by atoms with Crippen molar-refractivity contribution in [2.24, 2.45) is 0 Å². The van der Waals surface area contributed by atoms with Crippen LogP contribution >= 0.6 is 0 Å². The average molecular weight is 233 g/mol. The minimum Gasteiger partial charge on any atom is -0.496 e. The quantitative estimate of drug-likeness (QED) is 0.482. The summed E-state index contributed by atoms with van der Waals surface area (Å²) in [5.74, 6) is 0.470. The Morgan fingerprint density at radius 1 is 1.47 bits per heavy atom. The summed E-state index contributed by atoms with van der Waals surface area (Å²) < 4.78 is 5.18. The molecule has 0 saturated heterocycles. The summed E-state index contributed by atoms with van der Waals surface area (Å²) in [4.78, 5) is 0. The monoisotopic (exact) mass is 233 g/mol. The van der Waals surface area contributed by atoms with Crippen LogP contribution in [0.2, 0.25) is 0 Å². The van der Waals surface area contributed by atoms with E-state index in [1.807, 2.05) is 18.2 Å². The summed E-state index contributed by atoms with van der Waals surface area (Å²) in [6.07, 6.45) is 5.35. The number of para-hydroxylation sites is 1. The highest BCUT2D eigenvalue weighted by Crippen LogP contribution is 2.17. The summed E-state index contributed by atoms with van der Waals surface area (Å²) in [7, 11) is -0.0369. The first kappa shape index (κ1) is 13.4. The molecular weight excluding hydrogens is 217 g/mol. The summed E-state index contributed by atoms with van der Waals surface area (Å²) in [5, 5.41) is 21.3. The van der Waals surface area contributed by atoms with Crippen LogP contribution < -0.4 is 15.5 Å². The summed E-state index contributed by atoms with van der Waals surface area (Å²) >= 11 is 0. The van der Waals surface area contributed by atoms with Crippen molar-refractivity contribution in [3.8, 4) is 5.75 Å². The van der Waals surface area contributed by atoms with Gasteiger partial charge in [-0.15, -0.1) is 0 Å². The van der Waals surface area contributed by atoms with Gasteiger partial charge < -0.3 is 20.1 Å². The molecule has 0 unspecified atom stereocenters. The summed E-state index contributed by atoms with van der Waals surface area (Å²) in [6, 6.07) is 5.20. The van der Waals surface area contributed by atoms with Gasteiger partial charge >= 0.3 is 7.12 Å². The first-order valence-electron chi connectivity index (χ1n) is 5.24. The third-order valence-electron chi connectivity index (χ3n) is 2.24. The molecule has 0 aliphatic heterocycles. The average Bonchev–Trinajstić information content (AvgIpc) is 2.34. The lowest BCUT2D eigenvalue weighted by Gasteiger charge is -2.10. The van der Waals surface area contributed by atoms with E-state index >= 15 is 0 Å². The smallest absolute Gasteiger partial charge is 0.492 e. The van der Waals surface area contributed by atoms with E-state index in [0.29, 0.717) is 17.8 Å². The van der Waals surface area contributed by atoms with E-state index in [9.17, 15) is 10.0 Å². The standard InChI is InChI=1S/C12H16BNO3/c1-3-14-9-5-7-10-6-4-8-11(13(15)16)12(10)17-2/h3-8,14-16H,1,9H2,2H3/b7-5+. The first-order valence-corrected chi connectivity index (χ1v) is 5.24. The number of hydrogen-bond donors (Lipinski definition) is 3. The molecule has 1 rings (SSSR count). The lowest BCUT2D eigenvalue weighted by molar-refractivity contribution is 0.402. The molecular formula is C12H16BNO3. The Morgan fingerprint density at radius 3 is 2.82 bits per heavy atom. The summed E-state index contributed by atoms with van der Waals surface area (Å²) in [6.45, 7) is 4.19. The van der Waals surface area contributed by atoms with Crippen LogP contribution in [-0.2, 0) is 0 Å². The highest BCUT2D eigenvalue weighted by Gasteiger charge is 2.18. The van der Waals surface area contributed by atoms with Crippen LogP contribution in [0, 0.1) is 0 Å². The van der Waals surface area contributed by atoms with Gasteiger partial charge in [-0.3, -0.25) is 0 Å². The molecule has 0 amide bonds. The molecule has 1 aromatic rings. The molecule has 5 heteroatoms. The second kappa shape index (κ2) is 6.78. The van der Waals surface area contributed by atoms with Crippen LogP contribution in [-0.4, -0.2) is 30.8 Å². The Hall–Kier alpha value is -1.72. The van der Waals surface area contributed by atoms with E-state index in [0.717, 1.165) is 5.56 Å². The number of benzene rings is 1. The minimum atomic E-state index is -1.54. The number of ether oxygens (including phenoxy) is 1. The van der Waals surface area contributed by atoms with Gasteiger partial charge in [-0.1, -0.05) is 36.9 Å². The molecule has 17 heavy (non-hydrogen) atoms. The van der Waals surface area contributed by atoms with Gasteiger partial charge in [0, 0.05) is 17.6 Å². The van der Waals surface area contributed by atoms with Crippen molar-refractivity contribution in [1.82, 2.24) is 5.32 Å². The van der Waals surface area contributed by atoms with Crippen molar-refractivity contribution in [2.75, 3.05) is 13.7 Å². The molecule has 0 spiro atoms. The fourth-order valence-electron chi connectivity index (χ4n) is 1.48.